The number of aromatic nitrogens is 1. The van der Waals surface area contributed by atoms with Crippen LogP contribution in [0.4, 0.5) is 0 Å². The molecule has 0 aliphatic rings. The molecule has 0 saturated heterocycles. The number of amidine groups is 1. The van der Waals surface area contributed by atoms with Crippen molar-refractivity contribution < 1.29 is 4.42 Å². The lowest BCUT2D eigenvalue weighted by molar-refractivity contribution is 0.454. The molecule has 4 nitrogen and oxygen atoms in total. The Balaban J connectivity index is 2.38. The van der Waals surface area contributed by atoms with Crippen LogP contribution in [0.15, 0.2) is 45.2 Å². The maximum atomic E-state index is 7.45. The van der Waals surface area contributed by atoms with E-state index in [1.807, 2.05) is 0 Å². The Bertz CT molecular complexity index is 513. The topological polar surface area (TPSA) is 75.9 Å². The zero-order valence-electron chi connectivity index (χ0n) is 8.11. The number of nitrogens with zero attached hydrogens (tertiary/aromatic N) is 1. The minimum absolute atomic E-state index is 0.00859. The van der Waals surface area contributed by atoms with E-state index in [0.29, 0.717) is 15.8 Å². The van der Waals surface area contributed by atoms with Gasteiger partial charge in [-0.15, -0.1) is 0 Å². The monoisotopic (exact) mass is 253 g/mol. The van der Waals surface area contributed by atoms with E-state index in [-0.39, 0.29) is 5.84 Å². The summed E-state index contributed by atoms with van der Waals surface area (Å²) in [7, 11) is 0. The Morgan fingerprint density at radius 1 is 1.50 bits per heavy atom. The molecule has 0 fully saturated rings. The molecule has 2 aromatic rings. The molecule has 0 radical (unpaired) electrons. The van der Waals surface area contributed by atoms with Gasteiger partial charge in [0.05, 0.1) is 6.20 Å². The first-order valence-electron chi connectivity index (χ1n) is 4.38. The van der Waals surface area contributed by atoms with Crippen LogP contribution in [-0.4, -0.2) is 10.8 Å². The van der Waals surface area contributed by atoms with Crippen molar-refractivity contribution in [2.45, 2.75) is 10.1 Å². The Kier molecular flexibility index (Phi) is 3.17. The normalized spacial score (nSPS) is 10.3. The van der Waals surface area contributed by atoms with Gasteiger partial charge in [-0.1, -0.05) is 11.6 Å². The molecule has 16 heavy (non-hydrogen) atoms. The van der Waals surface area contributed by atoms with Crippen LogP contribution in [-0.2, 0) is 0 Å². The van der Waals surface area contributed by atoms with Gasteiger partial charge < -0.3 is 10.2 Å². The summed E-state index contributed by atoms with van der Waals surface area (Å²) in [6, 6.07) is 5.13. The summed E-state index contributed by atoms with van der Waals surface area (Å²) in [5.41, 5.74) is 6.09. The van der Waals surface area contributed by atoms with Crippen LogP contribution in [0.2, 0.25) is 5.02 Å². The summed E-state index contributed by atoms with van der Waals surface area (Å²) in [5, 5.41) is 8.52. The highest BCUT2D eigenvalue weighted by molar-refractivity contribution is 7.99. The maximum Gasteiger partial charge on any atom is 0.260 e. The van der Waals surface area contributed by atoms with Crippen LogP contribution < -0.4 is 5.73 Å². The Labute approximate surface area is 101 Å². The van der Waals surface area contributed by atoms with Gasteiger partial charge in [0.2, 0.25) is 0 Å². The third kappa shape index (κ3) is 2.37. The quantitative estimate of drug-likeness (QED) is 0.651. The molecule has 0 unspecified atom stereocenters. The molecule has 1 aromatic carbocycles. The highest BCUT2D eigenvalue weighted by atomic mass is 35.5. The van der Waals surface area contributed by atoms with Crippen LogP contribution in [0, 0.1) is 5.41 Å². The lowest BCUT2D eigenvalue weighted by Gasteiger charge is -2.05. The fourth-order valence-corrected chi connectivity index (χ4v) is 2.27. The van der Waals surface area contributed by atoms with Crippen molar-refractivity contribution in [1.29, 1.82) is 5.41 Å². The summed E-state index contributed by atoms with van der Waals surface area (Å²) < 4.78 is 5.11. The fraction of sp³-hybridized carbons (Fsp3) is 0. The number of nitrogens with one attached hydrogen (secondary N) is 1. The van der Waals surface area contributed by atoms with E-state index in [9.17, 15) is 0 Å². The van der Waals surface area contributed by atoms with E-state index in [0.717, 1.165) is 4.90 Å². The average Bonchev–Trinajstić information content (AvgIpc) is 2.70. The maximum absolute atomic E-state index is 7.45. The van der Waals surface area contributed by atoms with Crippen molar-refractivity contribution in [2.24, 2.45) is 5.73 Å². The molecule has 82 valence electrons. The molecule has 0 aliphatic heterocycles. The van der Waals surface area contributed by atoms with Gasteiger partial charge in [-0.25, -0.2) is 4.98 Å². The first-order chi connectivity index (χ1) is 7.66. The van der Waals surface area contributed by atoms with Gasteiger partial charge in [-0.05, 0) is 30.0 Å². The molecule has 3 N–H and O–H groups in total. The second kappa shape index (κ2) is 4.59. The van der Waals surface area contributed by atoms with Gasteiger partial charge >= 0.3 is 0 Å². The molecular weight excluding hydrogens is 246 g/mol. The molecule has 0 atom stereocenters. The van der Waals surface area contributed by atoms with E-state index in [2.05, 4.69) is 4.98 Å². The molecule has 0 amide bonds. The van der Waals surface area contributed by atoms with Crippen LogP contribution >= 0.6 is 23.4 Å². The molecule has 6 heteroatoms. The minimum atomic E-state index is -0.00859. The molecule has 0 aliphatic carbocycles. The van der Waals surface area contributed by atoms with Gasteiger partial charge in [-0.3, -0.25) is 5.41 Å². The second-order valence-electron chi connectivity index (χ2n) is 2.95. The second-order valence-corrected chi connectivity index (χ2v) is 4.38. The van der Waals surface area contributed by atoms with E-state index in [4.69, 9.17) is 27.2 Å². The summed E-state index contributed by atoms with van der Waals surface area (Å²) in [6.45, 7) is 0. The van der Waals surface area contributed by atoms with Crippen LogP contribution in [0.1, 0.15) is 5.56 Å². The lowest BCUT2D eigenvalue weighted by Crippen LogP contribution is -2.12. The molecular formula is C10H8ClN3OS. The van der Waals surface area contributed by atoms with Gasteiger partial charge in [0.15, 0.2) is 0 Å². The van der Waals surface area contributed by atoms with Gasteiger partial charge in [0.25, 0.3) is 5.22 Å². The Hall–Kier alpha value is -1.46. The largest absolute Gasteiger partial charge is 0.440 e. The fourth-order valence-electron chi connectivity index (χ4n) is 1.16. The number of hydrogen-bond acceptors (Lipinski definition) is 4. The predicted octanol–water partition coefficient (Wildman–Crippen LogP) is 2.76. The Morgan fingerprint density at radius 3 is 2.94 bits per heavy atom. The number of rotatable bonds is 3. The third-order valence-electron chi connectivity index (χ3n) is 1.84. The van der Waals surface area contributed by atoms with E-state index in [1.54, 1.807) is 24.4 Å². The first-order valence-corrected chi connectivity index (χ1v) is 5.57. The predicted molar refractivity (Wildman–Crippen MR) is 63.1 cm³/mol. The van der Waals surface area contributed by atoms with Crippen molar-refractivity contribution in [3.05, 3.63) is 41.2 Å². The molecule has 2 rings (SSSR count). The van der Waals surface area contributed by atoms with E-state index >= 15 is 0 Å². The number of benzene rings is 1. The first kappa shape index (κ1) is 11.0. The SMILES string of the molecule is N=C(N)c1ccc(Cl)cc1Sc1ncco1. The van der Waals surface area contributed by atoms with Gasteiger partial charge in [0.1, 0.15) is 12.1 Å². The zero-order chi connectivity index (χ0) is 11.5. The van der Waals surface area contributed by atoms with Crippen molar-refractivity contribution in [3.8, 4) is 0 Å². The zero-order valence-corrected chi connectivity index (χ0v) is 9.68. The van der Waals surface area contributed by atoms with Crippen molar-refractivity contribution in [1.82, 2.24) is 4.98 Å². The Morgan fingerprint density at radius 2 is 2.31 bits per heavy atom. The van der Waals surface area contributed by atoms with E-state index in [1.165, 1.54) is 18.0 Å². The van der Waals surface area contributed by atoms with Crippen LogP contribution in [0.3, 0.4) is 0 Å². The summed E-state index contributed by atoms with van der Waals surface area (Å²) in [5.74, 6) is -0.00859. The molecule has 0 saturated carbocycles. The van der Waals surface area contributed by atoms with Crippen molar-refractivity contribution >= 4 is 29.2 Å². The third-order valence-corrected chi connectivity index (χ3v) is 3.01. The molecule has 0 bridgehead atoms. The van der Waals surface area contributed by atoms with Crippen molar-refractivity contribution in [2.75, 3.05) is 0 Å². The summed E-state index contributed by atoms with van der Waals surface area (Å²) in [6.07, 6.45) is 3.04. The van der Waals surface area contributed by atoms with Crippen molar-refractivity contribution in [3.63, 3.8) is 0 Å². The number of oxazole rings is 1. The minimum Gasteiger partial charge on any atom is -0.440 e. The number of nitrogen functional groups attached to an aromatic ring is 1. The average molecular weight is 254 g/mol. The number of nitrogens with two attached hydrogens (primary N) is 1. The number of hydrogen-bond donors (Lipinski definition) is 2. The molecule has 0 spiro atoms. The van der Waals surface area contributed by atoms with Gasteiger partial charge in [0, 0.05) is 15.5 Å². The van der Waals surface area contributed by atoms with E-state index < -0.39 is 0 Å². The lowest BCUT2D eigenvalue weighted by atomic mass is 10.2. The highest BCUT2D eigenvalue weighted by Gasteiger charge is 2.10. The molecule has 1 aromatic heterocycles. The van der Waals surface area contributed by atoms with Gasteiger partial charge in [-0.2, -0.15) is 0 Å². The standard InChI is InChI=1S/C10H8ClN3OS/c11-6-1-2-7(9(12)13)8(5-6)16-10-14-3-4-15-10/h1-5H,(H3,12,13). The number of halogens is 1. The summed E-state index contributed by atoms with van der Waals surface area (Å²) in [4.78, 5) is 4.74. The molecule has 1 heterocycles. The highest BCUT2D eigenvalue weighted by Crippen LogP contribution is 2.31. The smallest absolute Gasteiger partial charge is 0.260 e. The van der Waals surface area contributed by atoms with Crippen LogP contribution in [0.25, 0.3) is 0 Å². The van der Waals surface area contributed by atoms with Crippen LogP contribution in [0.5, 0.6) is 0 Å². The summed E-state index contributed by atoms with van der Waals surface area (Å²) >= 11 is 7.17.